The molecule has 0 aromatic heterocycles. The van der Waals surface area contributed by atoms with E-state index < -0.39 is 0 Å². The number of benzene rings is 1. The predicted molar refractivity (Wildman–Crippen MR) is 74.0 cm³/mol. The Balaban J connectivity index is 2.87. The summed E-state index contributed by atoms with van der Waals surface area (Å²) in [7, 11) is 3.90. The van der Waals surface area contributed by atoms with Gasteiger partial charge in [0.1, 0.15) is 0 Å². The summed E-state index contributed by atoms with van der Waals surface area (Å²) < 4.78 is 4.97. The molecule has 18 heavy (non-hydrogen) atoms. The van der Waals surface area contributed by atoms with Gasteiger partial charge in [0.2, 0.25) is 5.91 Å². The van der Waals surface area contributed by atoms with Crippen LogP contribution in [0.15, 0.2) is 18.2 Å². The Labute approximate surface area is 109 Å². The molecular weight excluding hydrogens is 251 g/mol. The summed E-state index contributed by atoms with van der Waals surface area (Å²) in [5, 5.41) is 14.8. The molecule has 0 aliphatic carbocycles. The van der Waals surface area contributed by atoms with E-state index in [4.69, 9.17) is 4.52 Å². The first-order valence-electron chi connectivity index (χ1n) is 5.64. The second-order valence-corrected chi connectivity index (χ2v) is 4.34. The molecule has 5 nitrogen and oxygen atoms in total. The van der Waals surface area contributed by atoms with E-state index in [1.165, 1.54) is 0 Å². The molecule has 0 radical (unpaired) electrons. The van der Waals surface area contributed by atoms with Gasteiger partial charge in [-0.25, -0.2) is 0 Å². The number of aliphatic hydroxyl groups excluding tert-OH is 1. The van der Waals surface area contributed by atoms with Crippen LogP contribution in [0.4, 0.5) is 5.69 Å². The number of likely N-dealkylation sites (N-methyl/N-ethyl adjacent to an activating group) is 1. The van der Waals surface area contributed by atoms with Crippen LogP contribution in [0, 0.1) is 0 Å². The van der Waals surface area contributed by atoms with Gasteiger partial charge in [0, 0.05) is 15.2 Å². The third-order valence-corrected chi connectivity index (χ3v) is 2.75. The maximum absolute atomic E-state index is 11.7. The molecule has 0 heterocycles. The summed E-state index contributed by atoms with van der Waals surface area (Å²) in [4.78, 5) is 11.7. The van der Waals surface area contributed by atoms with Crippen LogP contribution in [0.5, 0.6) is 0 Å². The highest BCUT2D eigenvalue weighted by atomic mass is 31.0. The highest BCUT2D eigenvalue weighted by Gasteiger charge is 2.11. The maximum Gasteiger partial charge on any atom is 0.241 e. The first-order chi connectivity index (χ1) is 8.60. The molecule has 100 valence electrons. The Bertz CT molecular complexity index is 412. The van der Waals surface area contributed by atoms with Crippen LogP contribution in [0.25, 0.3) is 0 Å². The quantitative estimate of drug-likeness (QED) is 0.675. The number of amides is 1. The van der Waals surface area contributed by atoms with Crippen LogP contribution in [0.3, 0.4) is 0 Å². The van der Waals surface area contributed by atoms with Crippen LogP contribution in [-0.2, 0) is 22.5 Å². The average molecular weight is 270 g/mol. The molecule has 0 spiro atoms. The molecular formula is C12H19N2O3P. The molecule has 0 saturated heterocycles. The maximum atomic E-state index is 11.7. The van der Waals surface area contributed by atoms with Gasteiger partial charge in [-0.3, -0.25) is 4.79 Å². The average Bonchev–Trinajstić information content (AvgIpc) is 2.37. The number of hydrogen-bond acceptors (Lipinski definition) is 4. The van der Waals surface area contributed by atoms with Crippen molar-refractivity contribution in [3.63, 3.8) is 0 Å². The van der Waals surface area contributed by atoms with Crippen LogP contribution in [0.1, 0.15) is 18.1 Å². The Hall–Kier alpha value is -1.000. The molecule has 0 saturated carbocycles. The smallest absolute Gasteiger partial charge is 0.241 e. The fourth-order valence-electron chi connectivity index (χ4n) is 1.49. The lowest BCUT2D eigenvalue weighted by Gasteiger charge is -2.13. The molecule has 3 N–H and O–H groups in total. The van der Waals surface area contributed by atoms with Crippen molar-refractivity contribution in [2.75, 3.05) is 12.4 Å². The second kappa shape index (κ2) is 7.44. The molecule has 6 heteroatoms. The first-order valence-corrected chi connectivity index (χ1v) is 6.11. The first kappa shape index (κ1) is 15.1. The molecule has 0 fully saturated rings. The van der Waals surface area contributed by atoms with Crippen molar-refractivity contribution in [1.29, 1.82) is 0 Å². The van der Waals surface area contributed by atoms with Gasteiger partial charge in [-0.15, -0.1) is 0 Å². The summed E-state index contributed by atoms with van der Waals surface area (Å²) in [6.07, 6.45) is 0. The van der Waals surface area contributed by atoms with Gasteiger partial charge in [-0.05, 0) is 37.2 Å². The molecule has 2 atom stereocenters. The lowest BCUT2D eigenvalue weighted by atomic mass is 10.1. The van der Waals surface area contributed by atoms with Crippen molar-refractivity contribution in [3.05, 3.63) is 29.3 Å². The highest BCUT2D eigenvalue weighted by molar-refractivity contribution is 7.09. The summed E-state index contributed by atoms with van der Waals surface area (Å²) in [6.45, 7) is 2.11. The second-order valence-electron chi connectivity index (χ2n) is 4.01. The number of anilines is 1. The van der Waals surface area contributed by atoms with Gasteiger partial charge < -0.3 is 20.3 Å². The van der Waals surface area contributed by atoms with Gasteiger partial charge in [0.15, 0.2) is 0 Å². The summed E-state index contributed by atoms with van der Waals surface area (Å²) >= 11 is 0. The summed E-state index contributed by atoms with van der Waals surface area (Å²) in [5.74, 6) is -0.120. The Morgan fingerprint density at radius 1 is 1.44 bits per heavy atom. The molecule has 0 bridgehead atoms. The van der Waals surface area contributed by atoms with Gasteiger partial charge in [-0.1, -0.05) is 6.07 Å². The minimum atomic E-state index is -0.274. The fourth-order valence-corrected chi connectivity index (χ4v) is 1.68. The van der Waals surface area contributed by atoms with Gasteiger partial charge in [-0.2, -0.15) is 0 Å². The number of carbonyl (C=O) groups is 1. The zero-order valence-electron chi connectivity index (χ0n) is 10.6. The highest BCUT2D eigenvalue weighted by Crippen LogP contribution is 2.17. The monoisotopic (exact) mass is 270 g/mol. The standard InChI is InChI=1S/C12H19N2O3P/c1-8(13-2)12(16)14-11-4-9(6-15)3-10(5-11)7-17-18/h3-5,8,13,15H,6-7,18H2,1-2H3,(H,14,16). The van der Waals surface area contributed by atoms with Gasteiger partial charge in [0.05, 0.1) is 19.3 Å². The normalized spacial score (nSPS) is 12.2. The molecule has 0 aliphatic heterocycles. The Kier molecular flexibility index (Phi) is 6.22. The molecule has 1 aromatic carbocycles. The minimum Gasteiger partial charge on any atom is -0.392 e. The van der Waals surface area contributed by atoms with Gasteiger partial charge in [0.25, 0.3) is 0 Å². The molecule has 1 rings (SSSR count). The van der Waals surface area contributed by atoms with E-state index in [9.17, 15) is 9.90 Å². The Morgan fingerprint density at radius 3 is 2.67 bits per heavy atom. The van der Waals surface area contributed by atoms with Crippen LogP contribution in [-0.4, -0.2) is 24.1 Å². The fraction of sp³-hybridized carbons (Fsp3) is 0.417. The van der Waals surface area contributed by atoms with Crippen LogP contribution >= 0.6 is 9.47 Å². The Morgan fingerprint density at radius 2 is 2.11 bits per heavy atom. The third kappa shape index (κ3) is 4.35. The summed E-state index contributed by atoms with van der Waals surface area (Å²) in [5.41, 5.74) is 2.29. The van der Waals surface area contributed by atoms with E-state index in [0.29, 0.717) is 12.3 Å². The van der Waals surface area contributed by atoms with Crippen molar-refractivity contribution in [1.82, 2.24) is 5.32 Å². The van der Waals surface area contributed by atoms with E-state index in [0.717, 1.165) is 11.1 Å². The van der Waals surface area contributed by atoms with Crippen molar-refractivity contribution in [2.24, 2.45) is 0 Å². The van der Waals surface area contributed by atoms with E-state index in [2.05, 4.69) is 20.1 Å². The zero-order chi connectivity index (χ0) is 13.5. The predicted octanol–water partition coefficient (Wildman–Crippen LogP) is 1.03. The SMILES string of the molecule is CNC(C)C(=O)Nc1cc(CO)cc(COP)c1. The largest absolute Gasteiger partial charge is 0.392 e. The topological polar surface area (TPSA) is 70.6 Å². The molecule has 1 amide bonds. The number of nitrogens with one attached hydrogen (secondary N) is 2. The van der Waals surface area contributed by atoms with E-state index >= 15 is 0 Å². The number of aliphatic hydroxyl groups is 1. The van der Waals surface area contributed by atoms with Crippen molar-refractivity contribution in [2.45, 2.75) is 26.2 Å². The van der Waals surface area contributed by atoms with Crippen LogP contribution < -0.4 is 10.6 Å². The number of rotatable bonds is 6. The number of carbonyl (C=O) groups excluding carboxylic acids is 1. The van der Waals surface area contributed by atoms with Gasteiger partial charge >= 0.3 is 0 Å². The zero-order valence-corrected chi connectivity index (χ0v) is 11.7. The summed E-state index contributed by atoms with van der Waals surface area (Å²) in [6, 6.07) is 5.13. The molecule has 1 aromatic rings. The lowest BCUT2D eigenvalue weighted by Crippen LogP contribution is -2.35. The van der Waals surface area contributed by atoms with E-state index in [1.54, 1.807) is 20.0 Å². The van der Waals surface area contributed by atoms with Crippen molar-refractivity contribution >= 4 is 21.1 Å². The van der Waals surface area contributed by atoms with E-state index in [-0.39, 0.29) is 18.6 Å². The lowest BCUT2D eigenvalue weighted by molar-refractivity contribution is -0.117. The van der Waals surface area contributed by atoms with Crippen LogP contribution in [0.2, 0.25) is 0 Å². The van der Waals surface area contributed by atoms with Crippen molar-refractivity contribution < 1.29 is 14.4 Å². The van der Waals surface area contributed by atoms with Crippen molar-refractivity contribution in [3.8, 4) is 0 Å². The third-order valence-electron chi connectivity index (χ3n) is 2.58. The van der Waals surface area contributed by atoms with E-state index in [1.807, 2.05) is 12.1 Å². The number of hydrogen-bond donors (Lipinski definition) is 3. The minimum absolute atomic E-state index is 0.0743. The molecule has 0 aliphatic rings. The molecule has 2 unspecified atom stereocenters.